The van der Waals surface area contributed by atoms with Gasteiger partial charge in [-0.25, -0.2) is 0 Å². The van der Waals surface area contributed by atoms with E-state index < -0.39 is 0 Å². The molecule has 3 fully saturated rings. The van der Waals surface area contributed by atoms with Crippen LogP contribution in [0.3, 0.4) is 0 Å². The summed E-state index contributed by atoms with van der Waals surface area (Å²) in [5.74, 6) is 1.99. The van der Waals surface area contributed by atoms with Gasteiger partial charge in [0.15, 0.2) is 0 Å². The minimum atomic E-state index is 0.803. The number of nitrogens with one attached hydrogen (secondary N) is 1. The van der Waals surface area contributed by atoms with Gasteiger partial charge in [0.2, 0.25) is 0 Å². The molecule has 3 rings (SSSR count). The molecule has 19 heavy (non-hydrogen) atoms. The van der Waals surface area contributed by atoms with Crippen molar-refractivity contribution in [1.82, 2.24) is 10.2 Å². The average Bonchev–Trinajstić information content (AvgIpc) is 2.49. The minimum absolute atomic E-state index is 0.803. The van der Waals surface area contributed by atoms with Crippen molar-refractivity contribution in [3.63, 3.8) is 0 Å². The summed E-state index contributed by atoms with van der Waals surface area (Å²) < 4.78 is 0. The van der Waals surface area contributed by atoms with Gasteiger partial charge in [-0.15, -0.1) is 0 Å². The lowest BCUT2D eigenvalue weighted by Crippen LogP contribution is -2.54. The monoisotopic (exact) mass is 264 g/mol. The van der Waals surface area contributed by atoms with Crippen molar-refractivity contribution in [2.24, 2.45) is 11.8 Å². The number of rotatable bonds is 3. The maximum atomic E-state index is 3.81. The van der Waals surface area contributed by atoms with Gasteiger partial charge >= 0.3 is 0 Å². The van der Waals surface area contributed by atoms with Crippen LogP contribution >= 0.6 is 0 Å². The molecule has 1 heterocycles. The lowest BCUT2D eigenvalue weighted by molar-refractivity contribution is 0.121. The van der Waals surface area contributed by atoms with Gasteiger partial charge in [0.1, 0.15) is 0 Å². The molecule has 0 amide bonds. The van der Waals surface area contributed by atoms with Gasteiger partial charge in [-0.1, -0.05) is 38.5 Å². The Balaban J connectivity index is 1.46. The summed E-state index contributed by atoms with van der Waals surface area (Å²) in [6, 6.07) is 0.803. The van der Waals surface area contributed by atoms with Crippen LogP contribution in [0.2, 0.25) is 0 Å². The lowest BCUT2D eigenvalue weighted by Gasteiger charge is -2.41. The molecule has 110 valence electrons. The number of hydrogen-bond donors (Lipinski definition) is 1. The molecule has 2 nitrogen and oxygen atoms in total. The Morgan fingerprint density at radius 1 is 0.842 bits per heavy atom. The molecule has 0 bridgehead atoms. The van der Waals surface area contributed by atoms with Gasteiger partial charge in [0, 0.05) is 32.2 Å². The average molecular weight is 264 g/mol. The Bertz CT molecular complexity index is 254. The summed E-state index contributed by atoms with van der Waals surface area (Å²) in [6.07, 6.45) is 14.9. The summed E-state index contributed by atoms with van der Waals surface area (Å²) in [6.45, 7) is 5.25. The van der Waals surface area contributed by atoms with Crippen LogP contribution in [-0.2, 0) is 0 Å². The normalized spacial score (nSPS) is 32.5. The zero-order valence-corrected chi connectivity index (χ0v) is 12.6. The fourth-order valence-electron chi connectivity index (χ4n) is 4.60. The summed E-state index contributed by atoms with van der Waals surface area (Å²) in [5, 5.41) is 3.81. The molecule has 3 aliphatic rings. The zero-order chi connectivity index (χ0) is 12.9. The molecule has 2 aliphatic carbocycles. The summed E-state index contributed by atoms with van der Waals surface area (Å²) >= 11 is 0. The molecule has 1 atom stereocenters. The Hall–Kier alpha value is -0.0800. The molecule has 0 aromatic rings. The van der Waals surface area contributed by atoms with E-state index in [1.54, 1.807) is 0 Å². The van der Waals surface area contributed by atoms with Crippen LogP contribution in [0.5, 0.6) is 0 Å². The molecule has 2 saturated carbocycles. The highest BCUT2D eigenvalue weighted by Crippen LogP contribution is 2.29. The molecule has 1 unspecified atom stereocenters. The molecule has 0 spiro atoms. The predicted molar refractivity (Wildman–Crippen MR) is 81.4 cm³/mol. The lowest BCUT2D eigenvalue weighted by atomic mass is 9.82. The SMILES string of the molecule is C1CCC(CN2CCNC(C3CCCCC3)C2)CC1. The van der Waals surface area contributed by atoms with Crippen molar-refractivity contribution in [2.45, 2.75) is 70.3 Å². The van der Waals surface area contributed by atoms with Crippen LogP contribution in [0, 0.1) is 11.8 Å². The van der Waals surface area contributed by atoms with Crippen LogP contribution in [0.15, 0.2) is 0 Å². The molecule has 0 radical (unpaired) electrons. The summed E-state index contributed by atoms with van der Waals surface area (Å²) in [7, 11) is 0. The molecule has 0 aromatic heterocycles. The molecule has 0 aromatic carbocycles. The third kappa shape index (κ3) is 3.95. The van der Waals surface area contributed by atoms with Gasteiger partial charge in [0.25, 0.3) is 0 Å². The van der Waals surface area contributed by atoms with Gasteiger partial charge in [0.05, 0.1) is 0 Å². The van der Waals surface area contributed by atoms with E-state index in [-0.39, 0.29) is 0 Å². The van der Waals surface area contributed by atoms with Crippen LogP contribution in [0.4, 0.5) is 0 Å². The van der Waals surface area contributed by atoms with Gasteiger partial charge in [-0.2, -0.15) is 0 Å². The topological polar surface area (TPSA) is 15.3 Å². The van der Waals surface area contributed by atoms with Gasteiger partial charge < -0.3 is 10.2 Å². The quantitative estimate of drug-likeness (QED) is 0.840. The first-order valence-electron chi connectivity index (χ1n) is 8.87. The third-order valence-corrected chi connectivity index (χ3v) is 5.75. The van der Waals surface area contributed by atoms with Crippen molar-refractivity contribution < 1.29 is 0 Å². The highest BCUT2D eigenvalue weighted by atomic mass is 15.2. The summed E-state index contributed by atoms with van der Waals surface area (Å²) in [5.41, 5.74) is 0. The van der Waals surface area contributed by atoms with Crippen LogP contribution < -0.4 is 5.32 Å². The van der Waals surface area contributed by atoms with Crippen LogP contribution in [0.25, 0.3) is 0 Å². The van der Waals surface area contributed by atoms with E-state index >= 15 is 0 Å². The first-order chi connectivity index (χ1) is 9.42. The molecule has 1 N–H and O–H groups in total. The molecular weight excluding hydrogens is 232 g/mol. The van der Waals surface area contributed by atoms with E-state index in [1.165, 1.54) is 90.4 Å². The predicted octanol–water partition coefficient (Wildman–Crippen LogP) is 3.42. The van der Waals surface area contributed by atoms with E-state index in [4.69, 9.17) is 0 Å². The van der Waals surface area contributed by atoms with E-state index in [2.05, 4.69) is 10.2 Å². The first kappa shape index (κ1) is 13.9. The highest BCUT2D eigenvalue weighted by molar-refractivity contribution is 4.86. The van der Waals surface area contributed by atoms with E-state index in [9.17, 15) is 0 Å². The van der Waals surface area contributed by atoms with Crippen molar-refractivity contribution in [3.05, 3.63) is 0 Å². The van der Waals surface area contributed by atoms with Crippen molar-refractivity contribution in [1.29, 1.82) is 0 Å². The highest BCUT2D eigenvalue weighted by Gasteiger charge is 2.29. The second kappa shape index (κ2) is 7.08. The maximum absolute atomic E-state index is 3.81. The fraction of sp³-hybridized carbons (Fsp3) is 1.00. The smallest absolute Gasteiger partial charge is 0.0223 e. The summed E-state index contributed by atoms with van der Waals surface area (Å²) in [4.78, 5) is 2.78. The molecule has 1 saturated heterocycles. The Kier molecular flexibility index (Phi) is 5.17. The number of nitrogens with zero attached hydrogens (tertiary/aromatic N) is 1. The first-order valence-corrected chi connectivity index (χ1v) is 8.87. The standard InChI is InChI=1S/C17H32N2/c1-3-7-15(8-4-1)13-19-12-11-18-17(14-19)16-9-5-2-6-10-16/h15-18H,1-14H2. The van der Waals surface area contributed by atoms with Gasteiger partial charge in [-0.3, -0.25) is 0 Å². The van der Waals surface area contributed by atoms with E-state index in [0.717, 1.165) is 17.9 Å². The third-order valence-electron chi connectivity index (χ3n) is 5.75. The van der Waals surface area contributed by atoms with Crippen molar-refractivity contribution in [2.75, 3.05) is 26.2 Å². The Morgan fingerprint density at radius 2 is 1.53 bits per heavy atom. The molecule has 1 aliphatic heterocycles. The van der Waals surface area contributed by atoms with E-state index in [0.29, 0.717) is 0 Å². The van der Waals surface area contributed by atoms with Crippen LogP contribution in [0.1, 0.15) is 64.2 Å². The Morgan fingerprint density at radius 3 is 2.26 bits per heavy atom. The zero-order valence-electron chi connectivity index (χ0n) is 12.6. The largest absolute Gasteiger partial charge is 0.311 e. The number of hydrogen-bond acceptors (Lipinski definition) is 2. The fourth-order valence-corrected chi connectivity index (χ4v) is 4.60. The maximum Gasteiger partial charge on any atom is 0.0223 e. The molecular formula is C17H32N2. The van der Waals surface area contributed by atoms with Crippen LogP contribution in [-0.4, -0.2) is 37.1 Å². The second-order valence-electron chi connectivity index (χ2n) is 7.22. The molecule has 2 heteroatoms. The Labute approximate surface area is 119 Å². The van der Waals surface area contributed by atoms with E-state index in [1.807, 2.05) is 0 Å². The second-order valence-corrected chi connectivity index (χ2v) is 7.22. The minimum Gasteiger partial charge on any atom is -0.311 e. The van der Waals surface area contributed by atoms with Crippen molar-refractivity contribution >= 4 is 0 Å². The van der Waals surface area contributed by atoms with Crippen molar-refractivity contribution in [3.8, 4) is 0 Å². The number of piperazine rings is 1. The van der Waals surface area contributed by atoms with Gasteiger partial charge in [-0.05, 0) is 37.5 Å².